The molecule has 1 atom stereocenters. The van der Waals surface area contributed by atoms with E-state index in [1.807, 2.05) is 6.92 Å². The van der Waals surface area contributed by atoms with Crippen LogP contribution in [-0.4, -0.2) is 60.9 Å². The van der Waals surface area contributed by atoms with E-state index in [1.54, 1.807) is 6.92 Å². The van der Waals surface area contributed by atoms with Crippen molar-refractivity contribution < 1.29 is 17.9 Å². The number of likely N-dealkylation sites (N-methyl/N-ethyl adjacent to an activating group) is 1. The number of ether oxygens (including phenoxy) is 1. The lowest BCUT2D eigenvalue weighted by atomic mass is 10.2. The van der Waals surface area contributed by atoms with Gasteiger partial charge in [-0.15, -0.1) is 0 Å². The number of nitrogens with one attached hydrogen (secondary N) is 2. The van der Waals surface area contributed by atoms with Gasteiger partial charge in [0.25, 0.3) is 10.0 Å². The number of aryl methyl sites for hydroxylation is 1. The largest absolute Gasteiger partial charge is 0.378 e. The maximum Gasteiger partial charge on any atom is 0.261 e. The van der Waals surface area contributed by atoms with E-state index in [-0.39, 0.29) is 30.7 Å². The summed E-state index contributed by atoms with van der Waals surface area (Å²) in [7, 11) is -3.79. The van der Waals surface area contributed by atoms with E-state index < -0.39 is 16.1 Å². The first-order valence-corrected chi connectivity index (χ1v) is 8.35. The molecule has 0 bridgehead atoms. The second-order valence-electron chi connectivity index (χ2n) is 4.65. The number of hydrogen-bond acceptors (Lipinski definition) is 5. The number of carbonyl (C=O) groups excluding carboxylic acids is 1. The molecular formula is C12H20N4O4S. The zero-order chi connectivity index (χ0) is 15.5. The molecule has 1 aliphatic rings. The van der Waals surface area contributed by atoms with E-state index in [4.69, 9.17) is 4.74 Å². The van der Waals surface area contributed by atoms with Crippen molar-refractivity contribution in [3.05, 3.63) is 12.0 Å². The fraction of sp³-hybridized carbons (Fsp3) is 0.667. The normalized spacial score (nSPS) is 20.4. The summed E-state index contributed by atoms with van der Waals surface area (Å²) in [6, 6.07) is -0.850. The molecule has 0 radical (unpaired) electrons. The summed E-state index contributed by atoms with van der Waals surface area (Å²) >= 11 is 0. The van der Waals surface area contributed by atoms with Crippen LogP contribution in [0.4, 0.5) is 0 Å². The third kappa shape index (κ3) is 3.25. The Hall–Kier alpha value is -1.45. The lowest BCUT2D eigenvalue weighted by molar-refractivity contribution is -0.129. The molecule has 0 spiro atoms. The van der Waals surface area contributed by atoms with E-state index >= 15 is 0 Å². The number of rotatable bonds is 5. The van der Waals surface area contributed by atoms with Crippen LogP contribution in [0.25, 0.3) is 0 Å². The highest BCUT2D eigenvalue weighted by molar-refractivity contribution is 7.89. The molecule has 9 heteroatoms. The molecule has 1 aromatic rings. The van der Waals surface area contributed by atoms with Gasteiger partial charge in [-0.25, -0.2) is 13.4 Å². The van der Waals surface area contributed by atoms with Crippen LogP contribution in [0.15, 0.2) is 11.2 Å². The standard InChI is InChI=1S/C12H20N4O4S/c1-3-10-14-7-11(15-10)21(18,19)16-5-6-20-8-9(16)12(17)13-4-2/h7,9H,3-6,8H2,1-2H3,(H,13,17)(H,14,15). The van der Waals surface area contributed by atoms with Crippen LogP contribution in [0.3, 0.4) is 0 Å². The van der Waals surface area contributed by atoms with Crippen molar-refractivity contribution in [2.45, 2.75) is 31.3 Å². The summed E-state index contributed by atoms with van der Waals surface area (Å²) < 4.78 is 31.7. The summed E-state index contributed by atoms with van der Waals surface area (Å²) in [6.07, 6.45) is 1.90. The van der Waals surface area contributed by atoms with Crippen molar-refractivity contribution in [3.8, 4) is 0 Å². The Morgan fingerprint density at radius 1 is 1.57 bits per heavy atom. The quantitative estimate of drug-likeness (QED) is 0.762. The maximum atomic E-state index is 12.7. The van der Waals surface area contributed by atoms with Crippen LogP contribution in [0, 0.1) is 0 Å². The molecule has 1 amide bonds. The monoisotopic (exact) mass is 316 g/mol. The van der Waals surface area contributed by atoms with E-state index in [0.717, 1.165) is 0 Å². The molecule has 1 fully saturated rings. The lowest BCUT2D eigenvalue weighted by Gasteiger charge is -2.32. The Kier molecular flexibility index (Phi) is 4.96. The number of sulfonamides is 1. The van der Waals surface area contributed by atoms with E-state index in [9.17, 15) is 13.2 Å². The number of imidazole rings is 1. The fourth-order valence-corrected chi connectivity index (χ4v) is 3.65. The summed E-state index contributed by atoms with van der Waals surface area (Å²) in [5, 5.41) is 2.64. The van der Waals surface area contributed by atoms with Crippen molar-refractivity contribution in [1.82, 2.24) is 19.6 Å². The Bertz CT molecular complexity index is 598. The van der Waals surface area contributed by atoms with Gasteiger partial charge in [0, 0.05) is 19.5 Å². The second-order valence-corrected chi connectivity index (χ2v) is 6.51. The number of hydrogen-bond donors (Lipinski definition) is 2. The summed E-state index contributed by atoms with van der Waals surface area (Å²) in [6.45, 7) is 4.56. The Labute approximate surface area is 123 Å². The molecule has 2 rings (SSSR count). The van der Waals surface area contributed by atoms with E-state index in [2.05, 4.69) is 15.3 Å². The van der Waals surface area contributed by atoms with Gasteiger partial charge in [-0.1, -0.05) is 6.92 Å². The zero-order valence-electron chi connectivity index (χ0n) is 12.1. The molecule has 1 saturated heterocycles. The number of amides is 1. The molecule has 0 saturated carbocycles. The molecule has 8 nitrogen and oxygen atoms in total. The van der Waals surface area contributed by atoms with Crippen molar-refractivity contribution in [1.29, 1.82) is 0 Å². The first-order chi connectivity index (χ1) is 10.0. The van der Waals surface area contributed by atoms with Gasteiger partial charge in [0.2, 0.25) is 5.91 Å². The second kappa shape index (κ2) is 6.54. The highest BCUT2D eigenvalue weighted by atomic mass is 32.2. The lowest BCUT2D eigenvalue weighted by Crippen LogP contribution is -2.55. The first kappa shape index (κ1) is 15.9. The molecule has 1 aliphatic heterocycles. The van der Waals surface area contributed by atoms with Crippen molar-refractivity contribution >= 4 is 15.9 Å². The zero-order valence-corrected chi connectivity index (χ0v) is 12.9. The van der Waals surface area contributed by atoms with Crippen LogP contribution < -0.4 is 5.32 Å². The third-order valence-electron chi connectivity index (χ3n) is 3.26. The molecule has 21 heavy (non-hydrogen) atoms. The maximum absolute atomic E-state index is 12.7. The third-order valence-corrected chi connectivity index (χ3v) is 5.08. The number of aromatic amines is 1. The van der Waals surface area contributed by atoms with Crippen molar-refractivity contribution in [2.75, 3.05) is 26.3 Å². The molecule has 2 N–H and O–H groups in total. The summed E-state index contributed by atoms with van der Waals surface area (Å²) in [4.78, 5) is 18.8. The molecule has 0 aromatic carbocycles. The topological polar surface area (TPSA) is 104 Å². The predicted molar refractivity (Wildman–Crippen MR) is 75.1 cm³/mol. The first-order valence-electron chi connectivity index (χ1n) is 6.91. The molecule has 0 aliphatic carbocycles. The Morgan fingerprint density at radius 2 is 2.33 bits per heavy atom. The minimum atomic E-state index is -3.79. The predicted octanol–water partition coefficient (Wildman–Crippen LogP) is -0.502. The fourth-order valence-electron chi connectivity index (χ4n) is 2.16. The van der Waals surface area contributed by atoms with Crippen LogP contribution in [0.2, 0.25) is 0 Å². The van der Waals surface area contributed by atoms with E-state index in [0.29, 0.717) is 18.8 Å². The number of aromatic nitrogens is 2. The molecule has 118 valence electrons. The van der Waals surface area contributed by atoms with Gasteiger partial charge in [-0.05, 0) is 6.92 Å². The van der Waals surface area contributed by atoms with Gasteiger partial charge >= 0.3 is 0 Å². The summed E-state index contributed by atoms with van der Waals surface area (Å²) in [5.41, 5.74) is 0. The van der Waals surface area contributed by atoms with Gasteiger partial charge in [0.1, 0.15) is 11.9 Å². The van der Waals surface area contributed by atoms with Gasteiger partial charge in [0.15, 0.2) is 5.03 Å². The minimum absolute atomic E-state index is 0.00977. The van der Waals surface area contributed by atoms with Gasteiger partial charge in [-0.2, -0.15) is 4.31 Å². The average Bonchev–Trinajstić information content (AvgIpc) is 2.97. The van der Waals surface area contributed by atoms with Crippen LogP contribution in [0.5, 0.6) is 0 Å². The average molecular weight is 316 g/mol. The van der Waals surface area contributed by atoms with Crippen molar-refractivity contribution in [2.24, 2.45) is 0 Å². The van der Waals surface area contributed by atoms with Crippen LogP contribution in [0.1, 0.15) is 19.7 Å². The smallest absolute Gasteiger partial charge is 0.261 e. The molecular weight excluding hydrogens is 296 g/mol. The van der Waals surface area contributed by atoms with Gasteiger partial charge in [0.05, 0.1) is 19.4 Å². The minimum Gasteiger partial charge on any atom is -0.378 e. The van der Waals surface area contributed by atoms with Crippen molar-refractivity contribution in [3.63, 3.8) is 0 Å². The Morgan fingerprint density at radius 3 is 2.95 bits per heavy atom. The van der Waals surface area contributed by atoms with E-state index in [1.165, 1.54) is 10.5 Å². The number of H-pyrrole nitrogens is 1. The number of carbonyl (C=O) groups is 1. The van der Waals surface area contributed by atoms with Crippen LogP contribution >= 0.6 is 0 Å². The summed E-state index contributed by atoms with van der Waals surface area (Å²) in [5.74, 6) is 0.243. The number of nitrogens with zero attached hydrogens (tertiary/aromatic N) is 2. The number of morpholine rings is 1. The SMILES string of the molecule is CCNC(=O)C1COCCN1S(=O)(=O)c1cnc(CC)[nH]1. The molecule has 1 unspecified atom stereocenters. The highest BCUT2D eigenvalue weighted by Gasteiger charge is 2.38. The highest BCUT2D eigenvalue weighted by Crippen LogP contribution is 2.19. The molecule has 1 aromatic heterocycles. The van der Waals surface area contributed by atoms with Gasteiger partial charge < -0.3 is 15.0 Å². The van der Waals surface area contributed by atoms with Gasteiger partial charge in [-0.3, -0.25) is 4.79 Å². The van der Waals surface area contributed by atoms with Crippen LogP contribution in [-0.2, 0) is 26.0 Å². The molecule has 2 heterocycles. The Balaban J connectivity index is 2.29.